The van der Waals surface area contributed by atoms with E-state index in [0.29, 0.717) is 19.3 Å². The number of methoxy groups -OCH3 is 1. The van der Waals surface area contributed by atoms with Gasteiger partial charge in [-0.1, -0.05) is 33.1 Å². The average Bonchev–Trinajstić information content (AvgIpc) is 2.91. The van der Waals surface area contributed by atoms with E-state index < -0.39 is 0 Å². The van der Waals surface area contributed by atoms with Crippen molar-refractivity contribution < 1.29 is 19.3 Å². The van der Waals surface area contributed by atoms with E-state index in [1.54, 1.807) is 7.11 Å². The predicted octanol–water partition coefficient (Wildman–Crippen LogP) is 4.85. The van der Waals surface area contributed by atoms with Gasteiger partial charge in [-0.15, -0.1) is 10.2 Å². The van der Waals surface area contributed by atoms with Gasteiger partial charge in [-0.05, 0) is 55.0 Å². The van der Waals surface area contributed by atoms with E-state index in [0.717, 1.165) is 65.2 Å². The fraction of sp³-hybridized carbons (Fsp3) is 0.600. The van der Waals surface area contributed by atoms with Gasteiger partial charge in [-0.3, -0.25) is 0 Å². The molecule has 1 aliphatic heterocycles. The zero-order valence-corrected chi connectivity index (χ0v) is 19.7. The molecule has 176 valence electrons. The first-order valence-electron chi connectivity index (χ1n) is 11.8. The highest BCUT2D eigenvalue weighted by molar-refractivity contribution is 5.71. The Hall–Kier alpha value is -2.22. The lowest BCUT2D eigenvalue weighted by Crippen LogP contribution is -2.22. The lowest BCUT2D eigenvalue weighted by atomic mass is 9.95. The molecule has 1 atom stereocenters. The second-order valence-electron chi connectivity index (χ2n) is 8.26. The van der Waals surface area contributed by atoms with Crippen LogP contribution in [0.3, 0.4) is 0 Å². The van der Waals surface area contributed by atoms with E-state index in [-0.39, 0.29) is 13.4 Å². The summed E-state index contributed by atoms with van der Waals surface area (Å²) in [6.07, 6.45) is 7.42. The second kappa shape index (κ2) is 12.7. The molecule has 1 aromatic carbocycles. The van der Waals surface area contributed by atoms with Crippen molar-refractivity contribution in [3.05, 3.63) is 34.9 Å². The van der Waals surface area contributed by atoms with E-state index in [1.165, 1.54) is 19.3 Å². The van der Waals surface area contributed by atoms with Gasteiger partial charge in [0.05, 0.1) is 26.0 Å². The Balaban J connectivity index is 2.03. The van der Waals surface area contributed by atoms with Crippen molar-refractivity contribution in [2.45, 2.75) is 78.0 Å². The van der Waals surface area contributed by atoms with Crippen molar-refractivity contribution in [1.29, 1.82) is 0 Å². The quantitative estimate of drug-likeness (QED) is 0.379. The van der Waals surface area contributed by atoms with Crippen molar-refractivity contribution in [3.63, 3.8) is 0 Å². The molecule has 0 radical (unpaired) electrons. The number of aliphatic hydroxyl groups is 1. The molecule has 2 heterocycles. The summed E-state index contributed by atoms with van der Waals surface area (Å²) in [4.78, 5) is 0. The van der Waals surface area contributed by atoms with Crippen molar-refractivity contribution in [2.24, 2.45) is 0 Å². The average molecular weight is 444 g/mol. The van der Waals surface area contributed by atoms with Crippen LogP contribution in [-0.2, 0) is 29.1 Å². The molecular weight excluding hydrogens is 406 g/mol. The highest BCUT2D eigenvalue weighted by Crippen LogP contribution is 2.34. The van der Waals surface area contributed by atoms with E-state index in [4.69, 9.17) is 14.2 Å². The van der Waals surface area contributed by atoms with E-state index >= 15 is 0 Å². The van der Waals surface area contributed by atoms with Gasteiger partial charge in [0.1, 0.15) is 12.5 Å². The smallest absolute Gasteiger partial charge is 0.154 e. The van der Waals surface area contributed by atoms with Crippen molar-refractivity contribution >= 4 is 5.82 Å². The Morgan fingerprint density at radius 3 is 2.84 bits per heavy atom. The summed E-state index contributed by atoms with van der Waals surface area (Å²) >= 11 is 0. The molecule has 2 N–H and O–H groups in total. The Morgan fingerprint density at radius 1 is 1.22 bits per heavy atom. The molecule has 32 heavy (non-hydrogen) atoms. The fourth-order valence-electron chi connectivity index (χ4n) is 4.20. The maximum absolute atomic E-state index is 9.34. The van der Waals surface area contributed by atoms with Crippen LogP contribution in [0.5, 0.6) is 5.75 Å². The number of nitrogens with one attached hydrogen (secondary N) is 1. The summed E-state index contributed by atoms with van der Waals surface area (Å²) in [6.45, 7) is 5.54. The van der Waals surface area contributed by atoms with E-state index in [9.17, 15) is 5.11 Å². The molecule has 7 nitrogen and oxygen atoms in total. The Morgan fingerprint density at radius 2 is 2.09 bits per heavy atom. The number of hydrogen-bond acceptors (Lipinski definition) is 7. The molecule has 1 aromatic heterocycles. The molecule has 2 aromatic rings. The van der Waals surface area contributed by atoms with Crippen molar-refractivity contribution in [2.75, 3.05) is 25.8 Å². The zero-order chi connectivity index (χ0) is 22.8. The summed E-state index contributed by atoms with van der Waals surface area (Å²) in [7, 11) is 1.67. The first kappa shape index (κ1) is 24.4. The van der Waals surface area contributed by atoms with Crippen molar-refractivity contribution in [3.8, 4) is 17.0 Å². The number of fused-ring (bicyclic) bond motifs is 3. The van der Waals surface area contributed by atoms with Crippen LogP contribution < -0.4 is 10.1 Å². The summed E-state index contributed by atoms with van der Waals surface area (Å²) in [6, 6.07) is 6.31. The molecule has 7 heteroatoms. The van der Waals surface area contributed by atoms with Gasteiger partial charge >= 0.3 is 0 Å². The Labute approximate surface area is 191 Å². The minimum Gasteiger partial charge on any atom is -0.497 e. The van der Waals surface area contributed by atoms with Crippen LogP contribution in [0.2, 0.25) is 0 Å². The molecule has 0 fully saturated rings. The van der Waals surface area contributed by atoms with Gasteiger partial charge < -0.3 is 24.6 Å². The number of aliphatic hydroxyl groups excluding tert-OH is 1. The lowest BCUT2D eigenvalue weighted by molar-refractivity contribution is -0.0114. The molecule has 0 saturated carbocycles. The van der Waals surface area contributed by atoms with Gasteiger partial charge in [0.25, 0.3) is 0 Å². The van der Waals surface area contributed by atoms with Crippen LogP contribution in [-0.4, -0.2) is 41.9 Å². The molecular formula is C25H37N3O4. The number of nitrogens with zero attached hydrogens (tertiary/aromatic N) is 2. The first-order valence-corrected chi connectivity index (χ1v) is 11.8. The van der Waals surface area contributed by atoms with Crippen LogP contribution in [0, 0.1) is 0 Å². The van der Waals surface area contributed by atoms with Gasteiger partial charge in [0.15, 0.2) is 5.82 Å². The normalized spacial score (nSPS) is 14.5. The molecule has 0 spiro atoms. The Bertz CT molecular complexity index is 859. The number of hydrogen-bond donors (Lipinski definition) is 2. The van der Waals surface area contributed by atoms with Gasteiger partial charge in [0.2, 0.25) is 0 Å². The molecule has 1 unspecified atom stereocenters. The number of aromatic nitrogens is 2. The molecule has 0 aliphatic carbocycles. The fourth-order valence-corrected chi connectivity index (χ4v) is 4.20. The zero-order valence-electron chi connectivity index (χ0n) is 19.7. The largest absolute Gasteiger partial charge is 0.497 e. The van der Waals surface area contributed by atoms with Crippen LogP contribution in [0.25, 0.3) is 11.3 Å². The summed E-state index contributed by atoms with van der Waals surface area (Å²) in [5.74, 6) is 1.55. The number of ether oxygens (including phenoxy) is 3. The van der Waals surface area contributed by atoms with E-state index in [2.05, 4.69) is 29.4 Å². The van der Waals surface area contributed by atoms with Gasteiger partial charge in [-0.25, -0.2) is 0 Å². The number of unbranched alkanes of at least 4 members (excludes halogenated alkanes) is 2. The highest BCUT2D eigenvalue weighted by Gasteiger charge is 2.22. The number of benzene rings is 1. The van der Waals surface area contributed by atoms with Crippen LogP contribution in [0.1, 0.15) is 69.1 Å². The van der Waals surface area contributed by atoms with E-state index in [1.807, 2.05) is 18.2 Å². The summed E-state index contributed by atoms with van der Waals surface area (Å²) < 4.78 is 16.8. The van der Waals surface area contributed by atoms with Crippen LogP contribution in [0.4, 0.5) is 5.82 Å². The number of rotatable bonds is 11. The second-order valence-corrected chi connectivity index (χ2v) is 8.26. The van der Waals surface area contributed by atoms with Crippen molar-refractivity contribution in [1.82, 2.24) is 10.2 Å². The molecule has 0 saturated heterocycles. The van der Waals surface area contributed by atoms with Gasteiger partial charge in [0, 0.05) is 23.8 Å². The lowest BCUT2D eigenvalue weighted by Gasteiger charge is -2.22. The topological polar surface area (TPSA) is 85.7 Å². The SMILES string of the molecule is CCCCCC(CC)Nc1nnc2c(c1COCO)CCCOCc1cc(OC)ccc1-2. The maximum Gasteiger partial charge on any atom is 0.154 e. The van der Waals surface area contributed by atoms with Crippen LogP contribution in [0.15, 0.2) is 18.2 Å². The minimum atomic E-state index is -0.332. The molecule has 0 amide bonds. The maximum atomic E-state index is 9.34. The van der Waals surface area contributed by atoms with Crippen LogP contribution >= 0.6 is 0 Å². The monoisotopic (exact) mass is 443 g/mol. The molecule has 0 bridgehead atoms. The third kappa shape index (κ3) is 6.18. The third-order valence-corrected chi connectivity index (χ3v) is 6.05. The van der Waals surface area contributed by atoms with Gasteiger partial charge in [-0.2, -0.15) is 0 Å². The summed E-state index contributed by atoms with van der Waals surface area (Å²) in [5.41, 5.74) is 4.97. The third-order valence-electron chi connectivity index (χ3n) is 6.05. The minimum absolute atomic E-state index is 0.286. The standard InChI is InChI=1S/C25H37N3O4/c1-4-6-7-9-19(5-2)26-25-23(16-32-17-29)22-10-8-13-31-15-18-14-20(30-3)11-12-21(18)24(22)27-28-25/h11-12,14,19,29H,4-10,13,15-17H2,1-3H3,(H,26,28). The number of anilines is 1. The molecule has 3 rings (SSSR count). The predicted molar refractivity (Wildman–Crippen MR) is 126 cm³/mol. The molecule has 1 aliphatic rings. The highest BCUT2D eigenvalue weighted by atomic mass is 16.6. The Kier molecular flexibility index (Phi) is 9.71. The summed E-state index contributed by atoms with van der Waals surface area (Å²) in [5, 5.41) is 22.3. The first-order chi connectivity index (χ1) is 15.7.